The number of hydrogen-bond acceptors (Lipinski definition) is 10. The van der Waals surface area contributed by atoms with E-state index in [0.29, 0.717) is 22.7 Å². The van der Waals surface area contributed by atoms with Crippen LogP contribution in [-0.2, 0) is 9.84 Å². The third kappa shape index (κ3) is 6.17. The summed E-state index contributed by atoms with van der Waals surface area (Å²) in [6.45, 7) is 8.57. The smallest absolute Gasteiger partial charge is 0.261 e. The van der Waals surface area contributed by atoms with Gasteiger partial charge in [0.1, 0.15) is 10.8 Å². The predicted octanol–water partition coefficient (Wildman–Crippen LogP) is 5.28. The van der Waals surface area contributed by atoms with Crippen LogP contribution in [0.25, 0.3) is 0 Å². The Morgan fingerprint density at radius 3 is 2.28 bits per heavy atom. The molecule has 0 saturated carbocycles. The quantitative estimate of drug-likeness (QED) is 0.302. The van der Waals surface area contributed by atoms with Gasteiger partial charge < -0.3 is 20.3 Å². The molecule has 0 aliphatic carbocycles. The van der Waals surface area contributed by atoms with Crippen LogP contribution >= 0.6 is 11.6 Å². The monoisotopic (exact) mass is 626 g/mol. The normalized spacial score (nSPS) is 16.2. The number of anilines is 4. The zero-order chi connectivity index (χ0) is 31.1. The van der Waals surface area contributed by atoms with Gasteiger partial charge in [0.15, 0.2) is 15.7 Å². The zero-order valence-corrected chi connectivity index (χ0v) is 26.3. The second kappa shape index (κ2) is 12.1. The summed E-state index contributed by atoms with van der Waals surface area (Å²) in [5.41, 5.74) is 1.30. The molecule has 0 unspecified atom stereocenters. The largest absolute Gasteiger partial charge is 0.489 e. The van der Waals surface area contributed by atoms with Crippen LogP contribution in [0.2, 0.25) is 5.02 Å². The molecule has 2 amide bonds. The number of nitrogens with one attached hydrogen (secondary N) is 2. The van der Waals surface area contributed by atoms with Gasteiger partial charge in [0.25, 0.3) is 11.8 Å². The molecule has 5 rings (SSSR count). The number of piperidine rings is 1. The highest BCUT2D eigenvalue weighted by Crippen LogP contribution is 2.38. The average Bonchev–Trinajstić information content (AvgIpc) is 3.19. The molecule has 0 atom stereocenters. The van der Waals surface area contributed by atoms with Crippen molar-refractivity contribution >= 4 is 56.4 Å². The third-order valence-corrected chi connectivity index (χ3v) is 9.98. The SMILES string of the molecule is CC(C)Oc1cc2c(cc1Nc1ncc(Cl)c(Nc3ccccc3S(=O)(=O)C(C)C)n1)C(=O)N(C1CCN(C)CC1)C2=O. The van der Waals surface area contributed by atoms with Crippen molar-refractivity contribution in [2.24, 2.45) is 0 Å². The maximum Gasteiger partial charge on any atom is 0.261 e. The molecule has 1 saturated heterocycles. The Morgan fingerprint density at radius 2 is 1.63 bits per heavy atom. The van der Waals surface area contributed by atoms with Gasteiger partial charge in [0.2, 0.25) is 5.95 Å². The van der Waals surface area contributed by atoms with E-state index in [1.165, 1.54) is 17.2 Å². The molecule has 43 heavy (non-hydrogen) atoms. The van der Waals surface area contributed by atoms with Crippen molar-refractivity contribution in [3.8, 4) is 5.75 Å². The van der Waals surface area contributed by atoms with Crippen molar-refractivity contribution in [2.75, 3.05) is 30.8 Å². The molecule has 0 spiro atoms. The van der Waals surface area contributed by atoms with Crippen LogP contribution in [0.5, 0.6) is 5.75 Å². The number of imide groups is 1. The van der Waals surface area contributed by atoms with Gasteiger partial charge in [-0.05, 0) is 84.9 Å². The summed E-state index contributed by atoms with van der Waals surface area (Å²) < 4.78 is 31.9. The first-order valence-electron chi connectivity index (χ1n) is 14.2. The Balaban J connectivity index is 1.47. The standard InChI is InChI=1S/C30H35ClN6O5S/c1-17(2)42-25-15-21-20(28(38)37(29(21)39)19-10-12-36(5)13-11-19)14-24(25)34-30-32-16-22(31)27(35-30)33-23-8-6-7-9-26(23)43(40,41)18(3)4/h6-9,14-19H,10-13H2,1-5H3,(H2,32,33,34,35). The van der Waals surface area contributed by atoms with Crippen LogP contribution < -0.4 is 15.4 Å². The summed E-state index contributed by atoms with van der Waals surface area (Å²) in [5, 5.41) is 5.68. The predicted molar refractivity (Wildman–Crippen MR) is 166 cm³/mol. The fraction of sp³-hybridized carbons (Fsp3) is 0.400. The fourth-order valence-corrected chi connectivity index (χ4v) is 6.49. The van der Waals surface area contributed by atoms with E-state index >= 15 is 0 Å². The number of rotatable bonds is 9. The Labute approximate surface area is 256 Å². The summed E-state index contributed by atoms with van der Waals surface area (Å²) in [6.07, 6.45) is 2.60. The Kier molecular flexibility index (Phi) is 8.64. The summed E-state index contributed by atoms with van der Waals surface area (Å²) >= 11 is 6.41. The molecule has 2 aliphatic rings. The first-order valence-corrected chi connectivity index (χ1v) is 16.1. The van der Waals surface area contributed by atoms with Crippen LogP contribution in [0.1, 0.15) is 61.3 Å². The maximum atomic E-state index is 13.5. The molecular formula is C30H35ClN6O5S. The Bertz CT molecular complexity index is 1670. The van der Waals surface area contributed by atoms with Gasteiger partial charge in [-0.25, -0.2) is 13.4 Å². The number of para-hydroxylation sites is 1. The number of fused-ring (bicyclic) bond motifs is 1. The number of halogens is 1. The molecule has 2 N–H and O–H groups in total. The lowest BCUT2D eigenvalue weighted by molar-refractivity contribution is 0.0516. The van der Waals surface area contributed by atoms with Crippen LogP contribution in [0, 0.1) is 0 Å². The highest BCUT2D eigenvalue weighted by Gasteiger charge is 2.41. The second-order valence-electron chi connectivity index (χ2n) is 11.3. The van der Waals surface area contributed by atoms with Crippen molar-refractivity contribution in [3.63, 3.8) is 0 Å². The van der Waals surface area contributed by atoms with E-state index in [0.717, 1.165) is 25.9 Å². The number of benzene rings is 2. The number of carbonyl (C=O) groups is 2. The summed E-state index contributed by atoms with van der Waals surface area (Å²) in [6, 6.07) is 9.55. The van der Waals surface area contributed by atoms with E-state index in [4.69, 9.17) is 16.3 Å². The Hall–Kier alpha value is -3.74. The number of likely N-dealkylation sites (tertiary alicyclic amines) is 1. The fourth-order valence-electron chi connectivity index (χ4n) is 5.15. The number of ether oxygens (including phenoxy) is 1. The van der Waals surface area contributed by atoms with Gasteiger partial charge in [-0.3, -0.25) is 14.5 Å². The molecule has 11 nitrogen and oxygen atoms in total. The van der Waals surface area contributed by atoms with Crippen LogP contribution in [-0.4, -0.2) is 77.5 Å². The van der Waals surface area contributed by atoms with Crippen molar-refractivity contribution < 1.29 is 22.7 Å². The van der Waals surface area contributed by atoms with E-state index in [1.54, 1.807) is 44.2 Å². The number of aromatic nitrogens is 2. The number of amides is 2. The molecule has 1 fully saturated rings. The number of nitrogens with zero attached hydrogens (tertiary/aromatic N) is 4. The lowest BCUT2D eigenvalue weighted by Crippen LogP contribution is -2.46. The second-order valence-corrected chi connectivity index (χ2v) is 14.2. The molecule has 3 aromatic rings. The number of hydrogen-bond donors (Lipinski definition) is 2. The minimum Gasteiger partial charge on any atom is -0.489 e. The van der Waals surface area contributed by atoms with E-state index in [2.05, 4.69) is 25.5 Å². The highest BCUT2D eigenvalue weighted by atomic mass is 35.5. The van der Waals surface area contributed by atoms with Gasteiger partial charge in [-0.2, -0.15) is 4.98 Å². The highest BCUT2D eigenvalue weighted by molar-refractivity contribution is 7.92. The van der Waals surface area contributed by atoms with Gasteiger partial charge in [-0.15, -0.1) is 0 Å². The van der Waals surface area contributed by atoms with Gasteiger partial charge in [0, 0.05) is 6.04 Å². The summed E-state index contributed by atoms with van der Waals surface area (Å²) in [4.78, 5) is 39.4. The van der Waals surface area contributed by atoms with Crippen molar-refractivity contribution in [1.82, 2.24) is 19.8 Å². The van der Waals surface area contributed by atoms with Gasteiger partial charge in [0.05, 0.1) is 44.9 Å². The topological polar surface area (TPSA) is 134 Å². The van der Waals surface area contributed by atoms with E-state index < -0.39 is 15.1 Å². The minimum absolute atomic E-state index is 0.119. The lowest BCUT2D eigenvalue weighted by atomic mass is 10.0. The molecular weight excluding hydrogens is 592 g/mol. The lowest BCUT2D eigenvalue weighted by Gasteiger charge is -2.33. The molecule has 3 heterocycles. The third-order valence-electron chi connectivity index (χ3n) is 7.49. The van der Waals surface area contributed by atoms with Gasteiger partial charge >= 0.3 is 0 Å². The number of sulfone groups is 1. The van der Waals surface area contributed by atoms with Crippen LogP contribution in [0.4, 0.5) is 23.1 Å². The first kappa shape index (κ1) is 30.7. The molecule has 228 valence electrons. The molecule has 2 aliphatic heterocycles. The molecule has 0 bridgehead atoms. The molecule has 0 radical (unpaired) electrons. The van der Waals surface area contributed by atoms with E-state index in [-0.39, 0.29) is 51.2 Å². The maximum absolute atomic E-state index is 13.5. The summed E-state index contributed by atoms with van der Waals surface area (Å²) in [7, 11) is -1.57. The van der Waals surface area contributed by atoms with Crippen LogP contribution in [0.3, 0.4) is 0 Å². The summed E-state index contributed by atoms with van der Waals surface area (Å²) in [5.74, 6) is 0.00270. The van der Waals surface area contributed by atoms with Crippen molar-refractivity contribution in [3.05, 3.63) is 58.7 Å². The molecule has 2 aromatic carbocycles. The van der Waals surface area contributed by atoms with E-state index in [9.17, 15) is 18.0 Å². The van der Waals surface area contributed by atoms with E-state index in [1.807, 2.05) is 20.9 Å². The molecule has 1 aromatic heterocycles. The Morgan fingerprint density at radius 1 is 0.977 bits per heavy atom. The molecule has 13 heteroatoms. The number of carbonyl (C=O) groups excluding carboxylic acids is 2. The van der Waals surface area contributed by atoms with Gasteiger partial charge in [-0.1, -0.05) is 23.7 Å². The zero-order valence-electron chi connectivity index (χ0n) is 24.7. The average molecular weight is 627 g/mol. The minimum atomic E-state index is -3.59. The van der Waals surface area contributed by atoms with Crippen molar-refractivity contribution in [2.45, 2.75) is 62.8 Å². The first-order chi connectivity index (χ1) is 20.4. The van der Waals surface area contributed by atoms with Crippen LogP contribution in [0.15, 0.2) is 47.5 Å². The van der Waals surface area contributed by atoms with Crippen molar-refractivity contribution in [1.29, 1.82) is 0 Å².